The van der Waals surface area contributed by atoms with E-state index in [2.05, 4.69) is 34.7 Å². The molecule has 0 spiro atoms. The molecule has 1 unspecified atom stereocenters. The van der Waals surface area contributed by atoms with Gasteiger partial charge in [0.05, 0.1) is 17.3 Å². The van der Waals surface area contributed by atoms with Gasteiger partial charge in [0.15, 0.2) is 5.13 Å². The molecular formula is C24H26N4O4S. The first-order valence-electron chi connectivity index (χ1n) is 10.8. The van der Waals surface area contributed by atoms with Crippen LogP contribution in [0.1, 0.15) is 37.8 Å². The highest BCUT2D eigenvalue weighted by Crippen LogP contribution is 2.31. The Morgan fingerprint density at radius 3 is 2.67 bits per heavy atom. The minimum Gasteiger partial charge on any atom is -0.497 e. The van der Waals surface area contributed by atoms with E-state index in [0.29, 0.717) is 16.4 Å². The van der Waals surface area contributed by atoms with Gasteiger partial charge in [-0.05, 0) is 55.2 Å². The molecule has 1 aliphatic heterocycles. The van der Waals surface area contributed by atoms with Crippen molar-refractivity contribution in [3.8, 4) is 5.75 Å². The summed E-state index contributed by atoms with van der Waals surface area (Å²) >= 11 is 1.37. The Balaban J connectivity index is 1.44. The molecule has 2 heterocycles. The predicted octanol–water partition coefficient (Wildman–Crippen LogP) is 4.05. The first-order valence-corrected chi connectivity index (χ1v) is 11.6. The van der Waals surface area contributed by atoms with Crippen molar-refractivity contribution in [3.63, 3.8) is 0 Å². The molecule has 0 saturated carbocycles. The lowest BCUT2D eigenvalue weighted by Crippen LogP contribution is -2.42. The highest BCUT2D eigenvalue weighted by molar-refractivity contribution is 7.22. The third-order valence-corrected chi connectivity index (χ3v) is 6.70. The topological polar surface area (TPSA) is 101 Å². The van der Waals surface area contributed by atoms with Crippen molar-refractivity contribution in [1.82, 2.24) is 15.2 Å². The lowest BCUT2D eigenvalue weighted by Gasteiger charge is -2.22. The largest absolute Gasteiger partial charge is 0.497 e. The van der Waals surface area contributed by atoms with Crippen LogP contribution < -0.4 is 15.4 Å². The number of nitrogens with one attached hydrogen (secondary N) is 2. The number of carbonyl (C=O) groups excluding carboxylic acids is 3. The Hall–Kier alpha value is -3.46. The maximum Gasteiger partial charge on any atom is 0.325 e. The monoisotopic (exact) mass is 466 g/mol. The molecule has 0 bridgehead atoms. The van der Waals surface area contributed by atoms with E-state index >= 15 is 0 Å². The van der Waals surface area contributed by atoms with Crippen LogP contribution in [0.5, 0.6) is 5.75 Å². The van der Waals surface area contributed by atoms with Gasteiger partial charge in [-0.25, -0.2) is 9.78 Å². The fourth-order valence-electron chi connectivity index (χ4n) is 3.82. The number of nitrogens with zero attached hydrogens (tertiary/aromatic N) is 2. The van der Waals surface area contributed by atoms with E-state index in [-0.39, 0.29) is 0 Å². The van der Waals surface area contributed by atoms with Crippen LogP contribution in [0.15, 0.2) is 42.5 Å². The van der Waals surface area contributed by atoms with Crippen molar-refractivity contribution >= 4 is 44.5 Å². The molecule has 33 heavy (non-hydrogen) atoms. The second-order valence-corrected chi connectivity index (χ2v) is 9.18. The Bertz CT molecular complexity index is 1210. The SMILES string of the molecule is CCCCc1ccc2nc(NC(=O)CN3C(=O)NC(C)(c4ccc(OC)cc4)C3=O)sc2c1. The zero-order valence-electron chi connectivity index (χ0n) is 18.8. The van der Waals surface area contributed by atoms with Gasteiger partial charge in [0, 0.05) is 0 Å². The second-order valence-electron chi connectivity index (χ2n) is 8.15. The van der Waals surface area contributed by atoms with Crippen LogP contribution in [0.4, 0.5) is 9.93 Å². The Morgan fingerprint density at radius 2 is 1.97 bits per heavy atom. The fourth-order valence-corrected chi connectivity index (χ4v) is 4.77. The first kappa shape index (κ1) is 22.7. The highest BCUT2D eigenvalue weighted by Gasteiger charge is 2.49. The molecule has 1 aliphatic rings. The van der Waals surface area contributed by atoms with Gasteiger partial charge in [-0.2, -0.15) is 0 Å². The van der Waals surface area contributed by atoms with Crippen LogP contribution in [0.3, 0.4) is 0 Å². The summed E-state index contributed by atoms with van der Waals surface area (Å²) in [6.07, 6.45) is 3.25. The number of anilines is 1. The number of unbranched alkanes of at least 4 members (excludes halogenated alkanes) is 1. The molecule has 9 heteroatoms. The van der Waals surface area contributed by atoms with E-state index in [1.165, 1.54) is 16.9 Å². The van der Waals surface area contributed by atoms with E-state index in [1.807, 2.05) is 6.07 Å². The summed E-state index contributed by atoms with van der Waals surface area (Å²) in [5.41, 5.74) is 1.39. The molecule has 4 rings (SSSR count). The molecule has 1 atom stereocenters. The summed E-state index contributed by atoms with van der Waals surface area (Å²) in [6, 6.07) is 12.4. The Kier molecular flexibility index (Phi) is 6.33. The van der Waals surface area contributed by atoms with E-state index in [9.17, 15) is 14.4 Å². The third kappa shape index (κ3) is 4.54. The van der Waals surface area contributed by atoms with Crippen molar-refractivity contribution in [3.05, 3.63) is 53.6 Å². The lowest BCUT2D eigenvalue weighted by molar-refractivity contribution is -0.133. The quantitative estimate of drug-likeness (QED) is 0.488. The number of rotatable bonds is 8. The van der Waals surface area contributed by atoms with Gasteiger partial charge in [0.2, 0.25) is 5.91 Å². The normalized spacial score (nSPS) is 18.0. The molecule has 1 aromatic heterocycles. The fraction of sp³-hybridized carbons (Fsp3) is 0.333. The van der Waals surface area contributed by atoms with Crippen LogP contribution in [0, 0.1) is 0 Å². The van der Waals surface area contributed by atoms with Crippen LogP contribution in [-0.2, 0) is 21.5 Å². The number of benzene rings is 2. The molecule has 172 valence electrons. The molecule has 1 saturated heterocycles. The summed E-state index contributed by atoms with van der Waals surface area (Å²) in [4.78, 5) is 43.6. The van der Waals surface area contributed by atoms with Crippen LogP contribution in [0.25, 0.3) is 10.2 Å². The summed E-state index contributed by atoms with van der Waals surface area (Å²) in [5, 5.41) is 5.86. The van der Waals surface area contributed by atoms with Crippen LogP contribution in [-0.4, -0.2) is 41.4 Å². The van der Waals surface area contributed by atoms with Crippen molar-refractivity contribution in [2.45, 2.75) is 38.6 Å². The molecule has 2 N–H and O–H groups in total. The molecule has 0 aliphatic carbocycles. The average molecular weight is 467 g/mol. The van der Waals surface area contributed by atoms with E-state index in [1.54, 1.807) is 38.3 Å². The summed E-state index contributed by atoms with van der Waals surface area (Å²) in [7, 11) is 1.55. The summed E-state index contributed by atoms with van der Waals surface area (Å²) in [5.74, 6) is -0.330. The van der Waals surface area contributed by atoms with Crippen molar-refractivity contribution in [2.75, 3.05) is 19.0 Å². The van der Waals surface area contributed by atoms with E-state index in [4.69, 9.17) is 4.74 Å². The van der Waals surface area contributed by atoms with Crippen molar-refractivity contribution in [1.29, 1.82) is 0 Å². The molecule has 8 nitrogen and oxygen atoms in total. The van der Waals surface area contributed by atoms with Gasteiger partial charge in [-0.3, -0.25) is 14.5 Å². The third-order valence-electron chi connectivity index (χ3n) is 5.76. The number of aryl methyl sites for hydroxylation is 1. The van der Waals surface area contributed by atoms with Gasteiger partial charge in [0.25, 0.3) is 5.91 Å². The highest BCUT2D eigenvalue weighted by atomic mass is 32.1. The van der Waals surface area contributed by atoms with Gasteiger partial charge >= 0.3 is 6.03 Å². The number of carbonyl (C=O) groups is 3. The zero-order valence-corrected chi connectivity index (χ0v) is 19.6. The molecule has 3 aromatic rings. The number of urea groups is 1. The Labute approximate surface area is 195 Å². The van der Waals surface area contributed by atoms with Crippen LogP contribution in [0.2, 0.25) is 0 Å². The van der Waals surface area contributed by atoms with Gasteiger partial charge < -0.3 is 15.4 Å². The maximum atomic E-state index is 13.1. The number of hydrogen-bond acceptors (Lipinski definition) is 6. The van der Waals surface area contributed by atoms with E-state index < -0.39 is 29.9 Å². The molecule has 2 aromatic carbocycles. The summed E-state index contributed by atoms with van der Waals surface area (Å²) in [6.45, 7) is 3.38. The van der Waals surface area contributed by atoms with Crippen LogP contribution >= 0.6 is 11.3 Å². The number of aromatic nitrogens is 1. The molecule has 4 amide bonds. The van der Waals surface area contributed by atoms with E-state index in [0.717, 1.165) is 34.4 Å². The van der Waals surface area contributed by atoms with Gasteiger partial charge in [-0.15, -0.1) is 0 Å². The predicted molar refractivity (Wildman–Crippen MR) is 127 cm³/mol. The van der Waals surface area contributed by atoms with Crippen molar-refractivity contribution in [2.24, 2.45) is 0 Å². The van der Waals surface area contributed by atoms with Crippen molar-refractivity contribution < 1.29 is 19.1 Å². The lowest BCUT2D eigenvalue weighted by atomic mass is 9.92. The second kappa shape index (κ2) is 9.19. The number of fused-ring (bicyclic) bond motifs is 1. The number of thiazole rings is 1. The smallest absolute Gasteiger partial charge is 0.325 e. The number of amides is 4. The van der Waals surface area contributed by atoms with Gasteiger partial charge in [0.1, 0.15) is 17.8 Å². The molecule has 1 fully saturated rings. The maximum absolute atomic E-state index is 13.1. The standard InChI is InChI=1S/C24H26N4O4S/c1-4-5-6-15-7-12-18-19(13-15)33-22(25-18)26-20(29)14-28-21(30)24(2,27-23(28)31)16-8-10-17(32-3)11-9-16/h7-13H,4-6,14H2,1-3H3,(H,27,31)(H,25,26,29). The number of methoxy groups -OCH3 is 1. The molecular weight excluding hydrogens is 440 g/mol. The molecule has 0 radical (unpaired) electrons. The number of imide groups is 1. The minimum atomic E-state index is -1.26. The first-order chi connectivity index (χ1) is 15.8. The van der Waals surface area contributed by atoms with Gasteiger partial charge in [-0.1, -0.05) is 42.9 Å². The minimum absolute atomic E-state index is 0.395. The average Bonchev–Trinajstić information content (AvgIpc) is 3.30. The zero-order chi connectivity index (χ0) is 23.6. The Morgan fingerprint density at radius 1 is 1.21 bits per heavy atom. The summed E-state index contributed by atoms with van der Waals surface area (Å²) < 4.78 is 6.13. The number of ether oxygens (including phenoxy) is 1. The number of hydrogen-bond donors (Lipinski definition) is 2.